The van der Waals surface area contributed by atoms with E-state index in [1.807, 2.05) is 23.8 Å². The molecule has 2 aromatic heterocycles. The number of amides is 1. The molecule has 1 saturated heterocycles. The number of anilines is 1. The van der Waals surface area contributed by atoms with Crippen LogP contribution in [0.1, 0.15) is 37.8 Å². The van der Waals surface area contributed by atoms with Crippen LogP contribution in [0.3, 0.4) is 0 Å². The van der Waals surface area contributed by atoms with Gasteiger partial charge in [0, 0.05) is 43.6 Å². The van der Waals surface area contributed by atoms with Crippen LogP contribution in [-0.2, 0) is 22.5 Å². The normalized spacial score (nSPS) is 20.6. The fourth-order valence-electron chi connectivity index (χ4n) is 3.01. The van der Waals surface area contributed by atoms with Crippen molar-refractivity contribution in [3.63, 3.8) is 0 Å². The molecule has 1 aliphatic rings. The fourth-order valence-corrected chi connectivity index (χ4v) is 3.01. The smallest absolute Gasteiger partial charge is 0.230 e. The van der Waals surface area contributed by atoms with Gasteiger partial charge in [0.25, 0.3) is 0 Å². The molecule has 0 spiro atoms. The number of aryl methyl sites for hydroxylation is 2. The number of pyridine rings is 1. The Labute approximate surface area is 135 Å². The molecule has 6 nitrogen and oxygen atoms in total. The van der Waals surface area contributed by atoms with Crippen molar-refractivity contribution in [3.05, 3.63) is 42.2 Å². The SMILES string of the molecule is CCc1cnccc1NC(=O)[C@@H]1CCO[C@H]1c1nccn1CC. The van der Waals surface area contributed by atoms with Crippen LogP contribution in [0, 0.1) is 5.92 Å². The van der Waals surface area contributed by atoms with E-state index in [0.29, 0.717) is 13.0 Å². The zero-order chi connectivity index (χ0) is 16.2. The summed E-state index contributed by atoms with van der Waals surface area (Å²) in [6.07, 6.45) is 8.42. The highest BCUT2D eigenvalue weighted by atomic mass is 16.5. The van der Waals surface area contributed by atoms with Crippen molar-refractivity contribution in [2.24, 2.45) is 5.92 Å². The van der Waals surface area contributed by atoms with Crippen LogP contribution in [0.5, 0.6) is 0 Å². The number of ether oxygens (including phenoxy) is 1. The average molecular weight is 314 g/mol. The van der Waals surface area contributed by atoms with Crippen molar-refractivity contribution in [2.45, 2.75) is 39.3 Å². The number of nitrogens with zero attached hydrogens (tertiary/aromatic N) is 3. The first-order valence-electron chi connectivity index (χ1n) is 8.11. The molecule has 0 bridgehead atoms. The molecule has 0 saturated carbocycles. The van der Waals surface area contributed by atoms with E-state index in [1.165, 1.54) is 0 Å². The van der Waals surface area contributed by atoms with Crippen molar-refractivity contribution < 1.29 is 9.53 Å². The van der Waals surface area contributed by atoms with Crippen LogP contribution in [-0.4, -0.2) is 27.0 Å². The first kappa shape index (κ1) is 15.7. The topological polar surface area (TPSA) is 69.0 Å². The Morgan fingerprint density at radius 1 is 1.43 bits per heavy atom. The molecule has 2 aromatic rings. The van der Waals surface area contributed by atoms with E-state index in [2.05, 4.69) is 22.2 Å². The second kappa shape index (κ2) is 6.91. The highest BCUT2D eigenvalue weighted by molar-refractivity contribution is 5.93. The molecular weight excluding hydrogens is 292 g/mol. The van der Waals surface area contributed by atoms with Gasteiger partial charge in [-0.1, -0.05) is 6.92 Å². The van der Waals surface area contributed by atoms with E-state index < -0.39 is 0 Å². The highest BCUT2D eigenvalue weighted by Crippen LogP contribution is 2.34. The Morgan fingerprint density at radius 2 is 2.30 bits per heavy atom. The number of imidazole rings is 1. The third-order valence-corrected chi connectivity index (χ3v) is 4.31. The van der Waals surface area contributed by atoms with Gasteiger partial charge in [0.1, 0.15) is 11.9 Å². The summed E-state index contributed by atoms with van der Waals surface area (Å²) >= 11 is 0. The molecule has 1 amide bonds. The largest absolute Gasteiger partial charge is 0.369 e. The molecule has 6 heteroatoms. The number of aromatic nitrogens is 3. The monoisotopic (exact) mass is 314 g/mol. The van der Waals surface area contributed by atoms with Gasteiger partial charge in [-0.15, -0.1) is 0 Å². The minimum Gasteiger partial charge on any atom is -0.369 e. The molecule has 3 rings (SSSR count). The van der Waals surface area contributed by atoms with E-state index in [4.69, 9.17) is 4.74 Å². The maximum absolute atomic E-state index is 12.7. The lowest BCUT2D eigenvalue weighted by Crippen LogP contribution is -2.27. The fraction of sp³-hybridized carbons (Fsp3) is 0.471. The van der Waals surface area contributed by atoms with Gasteiger partial charge in [0.15, 0.2) is 0 Å². The second-order valence-electron chi connectivity index (χ2n) is 5.63. The Morgan fingerprint density at radius 3 is 3.09 bits per heavy atom. The lowest BCUT2D eigenvalue weighted by atomic mass is 9.99. The second-order valence-corrected chi connectivity index (χ2v) is 5.63. The number of rotatable bonds is 5. The first-order valence-corrected chi connectivity index (χ1v) is 8.11. The molecule has 23 heavy (non-hydrogen) atoms. The minimum atomic E-state index is -0.281. The zero-order valence-electron chi connectivity index (χ0n) is 13.5. The van der Waals surface area contributed by atoms with E-state index in [9.17, 15) is 4.79 Å². The van der Waals surface area contributed by atoms with E-state index in [-0.39, 0.29) is 17.9 Å². The molecule has 3 heterocycles. The summed E-state index contributed by atoms with van der Waals surface area (Å²) in [5.41, 5.74) is 1.86. The summed E-state index contributed by atoms with van der Waals surface area (Å²) in [6, 6.07) is 1.84. The van der Waals surface area contributed by atoms with Crippen molar-refractivity contribution in [2.75, 3.05) is 11.9 Å². The van der Waals surface area contributed by atoms with Gasteiger partial charge >= 0.3 is 0 Å². The molecular formula is C17H22N4O2. The highest BCUT2D eigenvalue weighted by Gasteiger charge is 2.37. The van der Waals surface area contributed by atoms with Crippen molar-refractivity contribution in [1.29, 1.82) is 0 Å². The molecule has 2 atom stereocenters. The Kier molecular flexibility index (Phi) is 4.71. The number of carbonyl (C=O) groups is 1. The van der Waals surface area contributed by atoms with Gasteiger partial charge in [-0.25, -0.2) is 4.98 Å². The molecule has 0 aromatic carbocycles. The van der Waals surface area contributed by atoms with Crippen molar-refractivity contribution >= 4 is 11.6 Å². The molecule has 0 radical (unpaired) electrons. The van der Waals surface area contributed by atoms with E-state index in [0.717, 1.165) is 30.0 Å². The van der Waals surface area contributed by atoms with Gasteiger partial charge in [0.2, 0.25) is 5.91 Å². The van der Waals surface area contributed by atoms with Gasteiger partial charge in [0.05, 0.1) is 5.92 Å². The maximum Gasteiger partial charge on any atom is 0.230 e. The summed E-state index contributed by atoms with van der Waals surface area (Å²) in [6.45, 7) is 5.50. The summed E-state index contributed by atoms with van der Waals surface area (Å²) in [7, 11) is 0. The molecule has 0 unspecified atom stereocenters. The summed E-state index contributed by atoms with van der Waals surface area (Å²) < 4.78 is 7.84. The van der Waals surface area contributed by atoms with Gasteiger partial charge in [-0.05, 0) is 31.4 Å². The van der Waals surface area contributed by atoms with Crippen LogP contribution in [0.2, 0.25) is 0 Å². The first-order chi connectivity index (χ1) is 11.2. The molecule has 0 aliphatic carbocycles. The molecule has 1 N–H and O–H groups in total. The summed E-state index contributed by atoms with van der Waals surface area (Å²) in [5.74, 6) is 0.593. The Balaban J connectivity index is 1.78. The number of hydrogen-bond acceptors (Lipinski definition) is 4. The van der Waals surface area contributed by atoms with Crippen LogP contribution >= 0.6 is 0 Å². The van der Waals surface area contributed by atoms with E-state index in [1.54, 1.807) is 18.6 Å². The number of nitrogens with one attached hydrogen (secondary N) is 1. The zero-order valence-corrected chi connectivity index (χ0v) is 13.5. The maximum atomic E-state index is 12.7. The lowest BCUT2D eigenvalue weighted by Gasteiger charge is -2.19. The van der Waals surface area contributed by atoms with Crippen LogP contribution in [0.15, 0.2) is 30.9 Å². The number of carbonyl (C=O) groups excluding carboxylic acids is 1. The quantitative estimate of drug-likeness (QED) is 0.921. The predicted molar refractivity (Wildman–Crippen MR) is 86.9 cm³/mol. The van der Waals surface area contributed by atoms with Gasteiger partial charge in [-0.3, -0.25) is 9.78 Å². The Bertz CT molecular complexity index is 683. The molecule has 1 aliphatic heterocycles. The van der Waals surface area contributed by atoms with Gasteiger partial charge < -0.3 is 14.6 Å². The molecule has 122 valence electrons. The standard InChI is InChI=1S/C17H22N4O2/c1-3-12-11-18-7-5-14(12)20-17(22)13-6-10-23-15(13)16-19-8-9-21(16)4-2/h5,7-9,11,13,15H,3-4,6,10H2,1-2H3,(H,18,20,22)/t13-,15-/m1/s1. The van der Waals surface area contributed by atoms with Crippen molar-refractivity contribution in [1.82, 2.24) is 14.5 Å². The van der Waals surface area contributed by atoms with Crippen LogP contribution < -0.4 is 5.32 Å². The summed E-state index contributed by atoms with van der Waals surface area (Å²) in [5, 5.41) is 3.04. The number of hydrogen-bond donors (Lipinski definition) is 1. The average Bonchev–Trinajstić information content (AvgIpc) is 3.23. The predicted octanol–water partition coefficient (Wildman–Crippen LogP) is 2.58. The Hall–Kier alpha value is -2.21. The summed E-state index contributed by atoms with van der Waals surface area (Å²) in [4.78, 5) is 21.2. The van der Waals surface area contributed by atoms with Crippen molar-refractivity contribution in [3.8, 4) is 0 Å². The minimum absolute atomic E-state index is 0.0148. The third kappa shape index (κ3) is 3.12. The van der Waals surface area contributed by atoms with Crippen LogP contribution in [0.4, 0.5) is 5.69 Å². The molecule has 1 fully saturated rings. The van der Waals surface area contributed by atoms with Gasteiger partial charge in [-0.2, -0.15) is 0 Å². The lowest BCUT2D eigenvalue weighted by molar-refractivity contribution is -0.121. The van der Waals surface area contributed by atoms with E-state index >= 15 is 0 Å². The van der Waals surface area contributed by atoms with Crippen LogP contribution in [0.25, 0.3) is 0 Å². The third-order valence-electron chi connectivity index (χ3n) is 4.31.